The fourth-order valence-corrected chi connectivity index (χ4v) is 3.12. The lowest BCUT2D eigenvalue weighted by atomic mass is 10.00. The van der Waals surface area contributed by atoms with Crippen molar-refractivity contribution in [3.05, 3.63) is 83.4 Å². The number of fused-ring (bicyclic) bond motifs is 2. The summed E-state index contributed by atoms with van der Waals surface area (Å²) in [5.41, 5.74) is 3.88. The molecule has 0 amide bonds. The van der Waals surface area contributed by atoms with Gasteiger partial charge >= 0.3 is 0 Å². The average molecular weight is 289 g/mol. The van der Waals surface area contributed by atoms with Crippen molar-refractivity contribution in [1.29, 1.82) is 0 Å². The van der Waals surface area contributed by atoms with Crippen LogP contribution in [0.3, 0.4) is 0 Å². The van der Waals surface area contributed by atoms with Gasteiger partial charge in [0.05, 0.1) is 6.61 Å². The normalized spacial score (nSPS) is 17.4. The zero-order valence-corrected chi connectivity index (χ0v) is 12.5. The summed E-state index contributed by atoms with van der Waals surface area (Å²) in [5, 5.41) is 6.00. The molecular formula is C20H19NO. The maximum Gasteiger partial charge on any atom is 0.135 e. The van der Waals surface area contributed by atoms with Gasteiger partial charge < -0.3 is 4.74 Å². The van der Waals surface area contributed by atoms with Crippen molar-refractivity contribution >= 4 is 10.8 Å². The highest BCUT2D eigenvalue weighted by Gasteiger charge is 2.19. The molecule has 0 bridgehead atoms. The Balaban J connectivity index is 1.52. The lowest BCUT2D eigenvalue weighted by molar-refractivity contribution is 0.0122. The molecule has 22 heavy (non-hydrogen) atoms. The van der Waals surface area contributed by atoms with Crippen molar-refractivity contribution in [2.45, 2.75) is 19.3 Å². The highest BCUT2D eigenvalue weighted by molar-refractivity contribution is 5.82. The van der Waals surface area contributed by atoms with Crippen LogP contribution in [0.2, 0.25) is 0 Å². The van der Waals surface area contributed by atoms with Crippen LogP contribution in [-0.2, 0) is 17.8 Å². The van der Waals surface area contributed by atoms with Gasteiger partial charge in [0, 0.05) is 6.54 Å². The summed E-state index contributed by atoms with van der Waals surface area (Å²) in [6.07, 6.45) is 1.07. The molecule has 0 saturated heterocycles. The van der Waals surface area contributed by atoms with E-state index in [0.717, 1.165) is 13.0 Å². The van der Waals surface area contributed by atoms with Gasteiger partial charge in [-0.1, -0.05) is 60.7 Å². The highest BCUT2D eigenvalue weighted by Crippen LogP contribution is 2.25. The third-order valence-corrected chi connectivity index (χ3v) is 4.29. The van der Waals surface area contributed by atoms with Gasteiger partial charge in [0.25, 0.3) is 0 Å². The molecule has 1 atom stereocenters. The van der Waals surface area contributed by atoms with Gasteiger partial charge in [-0.05, 0) is 39.9 Å². The van der Waals surface area contributed by atoms with E-state index in [2.05, 4.69) is 72.0 Å². The fraction of sp³-hybridized carbons (Fsp3) is 0.200. The zero-order chi connectivity index (χ0) is 14.8. The summed E-state index contributed by atoms with van der Waals surface area (Å²) < 4.78 is 6.13. The predicted octanol–water partition coefficient (Wildman–Crippen LogP) is 4.20. The highest BCUT2D eigenvalue weighted by atomic mass is 16.5. The first-order chi connectivity index (χ1) is 10.9. The van der Waals surface area contributed by atoms with E-state index in [1.165, 1.54) is 27.5 Å². The van der Waals surface area contributed by atoms with Crippen molar-refractivity contribution < 1.29 is 4.74 Å². The number of hydrogen-bond donors (Lipinski definition) is 1. The topological polar surface area (TPSA) is 21.3 Å². The summed E-state index contributed by atoms with van der Waals surface area (Å²) in [6.45, 7) is 1.59. The van der Waals surface area contributed by atoms with Crippen molar-refractivity contribution in [1.82, 2.24) is 5.32 Å². The monoisotopic (exact) mass is 289 g/mol. The Kier molecular flexibility index (Phi) is 3.63. The van der Waals surface area contributed by atoms with Gasteiger partial charge in [-0.2, -0.15) is 0 Å². The summed E-state index contributed by atoms with van der Waals surface area (Å²) in [7, 11) is 0. The Hall–Kier alpha value is -2.16. The second-order valence-corrected chi connectivity index (χ2v) is 5.78. The van der Waals surface area contributed by atoms with Crippen LogP contribution in [0, 0.1) is 0 Å². The van der Waals surface area contributed by atoms with Crippen LogP contribution in [0.25, 0.3) is 10.8 Å². The number of benzene rings is 3. The molecule has 1 aliphatic heterocycles. The van der Waals surface area contributed by atoms with Gasteiger partial charge in [-0.25, -0.2) is 0 Å². The lowest BCUT2D eigenvalue weighted by Gasteiger charge is -2.27. The SMILES string of the molecule is c1ccc2c(c1)CCNC2OCc1ccc2ccccc2c1. The van der Waals surface area contributed by atoms with Gasteiger partial charge in [0.1, 0.15) is 6.23 Å². The maximum atomic E-state index is 6.13. The molecule has 2 heteroatoms. The molecule has 1 heterocycles. The van der Waals surface area contributed by atoms with Crippen molar-refractivity contribution in [3.8, 4) is 0 Å². The van der Waals surface area contributed by atoms with Crippen LogP contribution in [0.1, 0.15) is 22.9 Å². The molecule has 110 valence electrons. The lowest BCUT2D eigenvalue weighted by Crippen LogP contribution is -2.31. The van der Waals surface area contributed by atoms with E-state index >= 15 is 0 Å². The predicted molar refractivity (Wildman–Crippen MR) is 89.6 cm³/mol. The molecule has 0 aromatic heterocycles. The van der Waals surface area contributed by atoms with E-state index in [-0.39, 0.29) is 6.23 Å². The van der Waals surface area contributed by atoms with E-state index in [9.17, 15) is 0 Å². The quantitative estimate of drug-likeness (QED) is 0.780. The second-order valence-electron chi connectivity index (χ2n) is 5.78. The molecule has 2 nitrogen and oxygen atoms in total. The molecule has 1 unspecified atom stereocenters. The van der Waals surface area contributed by atoms with Crippen molar-refractivity contribution in [2.24, 2.45) is 0 Å². The summed E-state index contributed by atoms with van der Waals surface area (Å²) in [4.78, 5) is 0. The minimum Gasteiger partial charge on any atom is -0.354 e. The van der Waals surface area contributed by atoms with Crippen LogP contribution in [0.5, 0.6) is 0 Å². The first kappa shape index (κ1) is 13.5. The summed E-state index contributed by atoms with van der Waals surface area (Å²) in [5.74, 6) is 0. The minimum absolute atomic E-state index is 0.00331. The van der Waals surface area contributed by atoms with Gasteiger partial charge in [-0.3, -0.25) is 5.32 Å². The van der Waals surface area contributed by atoms with Gasteiger partial charge in [-0.15, -0.1) is 0 Å². The van der Waals surface area contributed by atoms with Gasteiger partial charge in [0.15, 0.2) is 0 Å². The first-order valence-electron chi connectivity index (χ1n) is 7.81. The standard InChI is InChI=1S/C20H19NO/c1-2-7-18-13-15(9-10-16(18)5-1)14-22-20-19-8-4-3-6-17(19)11-12-21-20/h1-10,13,20-21H,11-12,14H2. The van der Waals surface area contributed by atoms with Crippen LogP contribution in [0.15, 0.2) is 66.7 Å². The van der Waals surface area contributed by atoms with E-state index < -0.39 is 0 Å². The molecule has 0 radical (unpaired) electrons. The van der Waals surface area contributed by atoms with E-state index in [1.807, 2.05) is 0 Å². The Morgan fingerprint density at radius 2 is 1.73 bits per heavy atom. The van der Waals surface area contributed by atoms with Crippen LogP contribution in [-0.4, -0.2) is 6.54 Å². The number of rotatable bonds is 3. The molecule has 0 aliphatic carbocycles. The molecule has 3 aromatic rings. The largest absolute Gasteiger partial charge is 0.354 e. The molecule has 0 fully saturated rings. The Morgan fingerprint density at radius 1 is 0.909 bits per heavy atom. The van der Waals surface area contributed by atoms with Crippen LogP contribution >= 0.6 is 0 Å². The number of ether oxygens (including phenoxy) is 1. The molecule has 0 spiro atoms. The molecule has 0 saturated carbocycles. The zero-order valence-electron chi connectivity index (χ0n) is 12.5. The third-order valence-electron chi connectivity index (χ3n) is 4.29. The number of nitrogens with one attached hydrogen (secondary N) is 1. The minimum atomic E-state index is -0.00331. The average Bonchev–Trinajstić information content (AvgIpc) is 2.60. The van der Waals surface area contributed by atoms with E-state index in [0.29, 0.717) is 6.61 Å². The third kappa shape index (κ3) is 2.63. The Morgan fingerprint density at radius 3 is 2.68 bits per heavy atom. The van der Waals surface area contributed by atoms with Crippen molar-refractivity contribution in [2.75, 3.05) is 6.54 Å². The van der Waals surface area contributed by atoms with Gasteiger partial charge in [0.2, 0.25) is 0 Å². The summed E-state index contributed by atoms with van der Waals surface area (Å²) in [6, 6.07) is 23.5. The van der Waals surface area contributed by atoms with E-state index in [4.69, 9.17) is 4.74 Å². The first-order valence-corrected chi connectivity index (χ1v) is 7.81. The Bertz CT molecular complexity index is 796. The fourth-order valence-electron chi connectivity index (χ4n) is 3.12. The second kappa shape index (κ2) is 5.91. The Labute approximate surface area is 130 Å². The number of hydrogen-bond acceptors (Lipinski definition) is 2. The smallest absolute Gasteiger partial charge is 0.135 e. The molecule has 1 N–H and O–H groups in total. The molecular weight excluding hydrogens is 270 g/mol. The van der Waals surface area contributed by atoms with Crippen molar-refractivity contribution in [3.63, 3.8) is 0 Å². The molecule has 4 rings (SSSR count). The molecule has 1 aliphatic rings. The maximum absolute atomic E-state index is 6.13. The van der Waals surface area contributed by atoms with Crippen LogP contribution < -0.4 is 5.32 Å². The van der Waals surface area contributed by atoms with Crippen LogP contribution in [0.4, 0.5) is 0 Å². The summed E-state index contributed by atoms with van der Waals surface area (Å²) >= 11 is 0. The van der Waals surface area contributed by atoms with E-state index in [1.54, 1.807) is 0 Å². The molecule has 3 aromatic carbocycles.